The third-order valence-corrected chi connectivity index (χ3v) is 3.51. The molecule has 5 nitrogen and oxygen atoms in total. The van der Waals surface area contributed by atoms with Gasteiger partial charge in [-0.2, -0.15) is 0 Å². The third kappa shape index (κ3) is 1.96. The lowest BCUT2D eigenvalue weighted by Crippen LogP contribution is -2.07. The lowest BCUT2D eigenvalue weighted by Gasteiger charge is -2.11. The van der Waals surface area contributed by atoms with Crippen molar-refractivity contribution in [2.24, 2.45) is 5.92 Å². The normalized spacial score (nSPS) is 16.9. The van der Waals surface area contributed by atoms with Crippen molar-refractivity contribution in [1.29, 1.82) is 0 Å². The molecule has 0 aliphatic heterocycles. The lowest BCUT2D eigenvalue weighted by molar-refractivity contribution is 0.0697. The van der Waals surface area contributed by atoms with Crippen LogP contribution in [0, 0.1) is 5.92 Å². The van der Waals surface area contributed by atoms with Crippen LogP contribution in [-0.4, -0.2) is 26.1 Å². The van der Waals surface area contributed by atoms with Crippen molar-refractivity contribution >= 4 is 17.0 Å². The maximum Gasteiger partial charge on any atom is 0.335 e. The van der Waals surface area contributed by atoms with Crippen LogP contribution in [0.4, 0.5) is 0 Å². The summed E-state index contributed by atoms with van der Waals surface area (Å²) in [6.07, 6.45) is 3.76. The largest absolute Gasteiger partial charge is 0.478 e. The monoisotopic (exact) mass is 245 g/mol. The predicted molar refractivity (Wildman–Crippen MR) is 66.5 cm³/mol. The van der Waals surface area contributed by atoms with Crippen LogP contribution in [0.25, 0.3) is 11.0 Å². The van der Waals surface area contributed by atoms with Crippen LogP contribution in [0.1, 0.15) is 42.6 Å². The average molecular weight is 245 g/mol. The molecule has 1 fully saturated rings. The zero-order valence-electron chi connectivity index (χ0n) is 10.2. The number of nitrogens with zero attached hydrogens (tertiary/aromatic N) is 3. The van der Waals surface area contributed by atoms with Crippen molar-refractivity contribution < 1.29 is 9.90 Å². The fourth-order valence-electron chi connectivity index (χ4n) is 2.34. The molecular weight excluding hydrogens is 230 g/mol. The van der Waals surface area contributed by atoms with Crippen molar-refractivity contribution in [3.63, 3.8) is 0 Å². The first kappa shape index (κ1) is 11.2. The van der Waals surface area contributed by atoms with E-state index in [4.69, 9.17) is 5.11 Å². The standard InChI is InChI=1S/C13H15N3O2/c1-8(6-9-2-3-9)16-12-5-4-10(13(17)18)7-11(12)14-15-16/h4-5,7-9H,2-3,6H2,1H3,(H,17,18). The van der Waals surface area contributed by atoms with Crippen molar-refractivity contribution in [3.8, 4) is 0 Å². The SMILES string of the molecule is CC(CC1CC1)n1nnc2cc(C(=O)O)ccc21. The summed E-state index contributed by atoms with van der Waals surface area (Å²) in [7, 11) is 0. The molecule has 5 heteroatoms. The molecule has 1 aliphatic carbocycles. The number of hydrogen-bond donors (Lipinski definition) is 1. The van der Waals surface area contributed by atoms with Crippen LogP contribution < -0.4 is 0 Å². The number of fused-ring (bicyclic) bond motifs is 1. The summed E-state index contributed by atoms with van der Waals surface area (Å²) in [5.74, 6) is -0.102. The summed E-state index contributed by atoms with van der Waals surface area (Å²) in [6.45, 7) is 2.14. The van der Waals surface area contributed by atoms with E-state index < -0.39 is 5.97 Å². The van der Waals surface area contributed by atoms with E-state index in [1.807, 2.05) is 4.68 Å². The van der Waals surface area contributed by atoms with Crippen LogP contribution >= 0.6 is 0 Å². The minimum atomic E-state index is -0.933. The van der Waals surface area contributed by atoms with Gasteiger partial charge in [0, 0.05) is 0 Å². The first-order valence-corrected chi connectivity index (χ1v) is 6.23. The molecule has 94 valence electrons. The maximum absolute atomic E-state index is 10.9. The molecule has 3 rings (SSSR count). The Morgan fingerprint density at radius 2 is 2.33 bits per heavy atom. The van der Waals surface area contributed by atoms with Gasteiger partial charge < -0.3 is 5.11 Å². The van der Waals surface area contributed by atoms with E-state index in [1.54, 1.807) is 18.2 Å². The van der Waals surface area contributed by atoms with Gasteiger partial charge in [-0.1, -0.05) is 18.1 Å². The second-order valence-electron chi connectivity index (χ2n) is 5.07. The highest BCUT2D eigenvalue weighted by Crippen LogP contribution is 2.37. The highest BCUT2D eigenvalue weighted by Gasteiger charge is 2.25. The number of benzene rings is 1. The summed E-state index contributed by atoms with van der Waals surface area (Å²) >= 11 is 0. The topological polar surface area (TPSA) is 68.0 Å². The summed E-state index contributed by atoms with van der Waals surface area (Å²) in [5, 5.41) is 17.1. The number of aromatic carboxylic acids is 1. The molecular formula is C13H15N3O2. The molecule has 1 saturated carbocycles. The predicted octanol–water partition coefficient (Wildman–Crippen LogP) is 2.49. The molecule has 1 atom stereocenters. The Hall–Kier alpha value is -1.91. The van der Waals surface area contributed by atoms with E-state index in [0.29, 0.717) is 11.6 Å². The zero-order chi connectivity index (χ0) is 12.7. The van der Waals surface area contributed by atoms with Crippen LogP contribution in [0.3, 0.4) is 0 Å². The fraction of sp³-hybridized carbons (Fsp3) is 0.462. The average Bonchev–Trinajstić information content (AvgIpc) is 3.05. The van der Waals surface area contributed by atoms with Crippen molar-refractivity contribution in [2.75, 3.05) is 0 Å². The van der Waals surface area contributed by atoms with Crippen LogP contribution in [0.15, 0.2) is 18.2 Å². The number of carbonyl (C=O) groups is 1. The van der Waals surface area contributed by atoms with Gasteiger partial charge in [-0.05, 0) is 37.5 Å². The molecule has 2 aromatic rings. The van der Waals surface area contributed by atoms with Gasteiger partial charge in [0.1, 0.15) is 5.52 Å². The van der Waals surface area contributed by atoms with Gasteiger partial charge in [0.2, 0.25) is 0 Å². The molecule has 1 aliphatic rings. The Balaban J connectivity index is 1.95. The van der Waals surface area contributed by atoms with E-state index >= 15 is 0 Å². The first-order valence-electron chi connectivity index (χ1n) is 6.23. The second-order valence-corrected chi connectivity index (χ2v) is 5.07. The van der Waals surface area contributed by atoms with E-state index in [0.717, 1.165) is 17.9 Å². The highest BCUT2D eigenvalue weighted by atomic mass is 16.4. The van der Waals surface area contributed by atoms with Gasteiger partial charge in [-0.25, -0.2) is 9.48 Å². The molecule has 1 unspecified atom stereocenters. The third-order valence-electron chi connectivity index (χ3n) is 3.51. The first-order chi connectivity index (χ1) is 8.65. The van der Waals surface area contributed by atoms with Crippen LogP contribution in [0.5, 0.6) is 0 Å². The summed E-state index contributed by atoms with van der Waals surface area (Å²) in [4.78, 5) is 10.9. The molecule has 18 heavy (non-hydrogen) atoms. The lowest BCUT2D eigenvalue weighted by atomic mass is 10.1. The van der Waals surface area contributed by atoms with Crippen LogP contribution in [-0.2, 0) is 0 Å². The van der Waals surface area contributed by atoms with Crippen molar-refractivity contribution in [1.82, 2.24) is 15.0 Å². The zero-order valence-corrected chi connectivity index (χ0v) is 10.2. The summed E-state index contributed by atoms with van der Waals surface area (Å²) in [6, 6.07) is 5.29. The molecule has 1 aromatic heterocycles. The van der Waals surface area contributed by atoms with Gasteiger partial charge in [-0.15, -0.1) is 5.10 Å². The Kier molecular flexibility index (Phi) is 2.54. The molecule has 0 saturated heterocycles. The Bertz CT molecular complexity index is 601. The quantitative estimate of drug-likeness (QED) is 0.898. The number of carboxylic acid groups (broad SMARTS) is 1. The van der Waals surface area contributed by atoms with Gasteiger partial charge >= 0.3 is 5.97 Å². The van der Waals surface area contributed by atoms with E-state index in [2.05, 4.69) is 17.2 Å². The number of hydrogen-bond acceptors (Lipinski definition) is 3. The summed E-state index contributed by atoms with van der Waals surface area (Å²) < 4.78 is 1.90. The van der Waals surface area contributed by atoms with Gasteiger partial charge in [0.15, 0.2) is 0 Å². The number of aromatic nitrogens is 3. The smallest absolute Gasteiger partial charge is 0.335 e. The number of carboxylic acids is 1. The molecule has 0 bridgehead atoms. The molecule has 1 heterocycles. The maximum atomic E-state index is 10.9. The van der Waals surface area contributed by atoms with Crippen LogP contribution in [0.2, 0.25) is 0 Å². The molecule has 0 spiro atoms. The van der Waals surface area contributed by atoms with E-state index in [1.165, 1.54) is 12.8 Å². The van der Waals surface area contributed by atoms with Gasteiger partial charge in [-0.3, -0.25) is 0 Å². The molecule has 0 amide bonds. The molecule has 0 radical (unpaired) electrons. The fourth-order valence-corrected chi connectivity index (χ4v) is 2.34. The van der Waals surface area contributed by atoms with Crippen molar-refractivity contribution in [3.05, 3.63) is 23.8 Å². The van der Waals surface area contributed by atoms with E-state index in [9.17, 15) is 4.79 Å². The van der Waals surface area contributed by atoms with Crippen molar-refractivity contribution in [2.45, 2.75) is 32.2 Å². The Morgan fingerprint density at radius 1 is 1.56 bits per heavy atom. The Labute approximate surface area is 104 Å². The molecule has 1 N–H and O–H groups in total. The minimum absolute atomic E-state index is 0.254. The van der Waals surface area contributed by atoms with E-state index in [-0.39, 0.29) is 5.56 Å². The second kappa shape index (κ2) is 4.08. The number of rotatable bonds is 4. The minimum Gasteiger partial charge on any atom is -0.478 e. The van der Waals surface area contributed by atoms with Gasteiger partial charge in [0.25, 0.3) is 0 Å². The van der Waals surface area contributed by atoms with Gasteiger partial charge in [0.05, 0.1) is 17.1 Å². The summed E-state index contributed by atoms with van der Waals surface area (Å²) in [5.41, 5.74) is 1.81. The Morgan fingerprint density at radius 3 is 3.00 bits per heavy atom. The highest BCUT2D eigenvalue weighted by molar-refractivity contribution is 5.92. The molecule has 1 aromatic carbocycles.